The molecule has 0 aromatic carbocycles. The first-order chi connectivity index (χ1) is 12.4. The third-order valence-electron chi connectivity index (χ3n) is 4.96. The second kappa shape index (κ2) is 8.00. The second-order valence-electron chi connectivity index (χ2n) is 7.41. The first kappa shape index (κ1) is 19.9. The molecule has 0 saturated heterocycles. The van der Waals surface area contributed by atoms with E-state index >= 15 is 0 Å². The molecule has 144 valence electrons. The Morgan fingerprint density at radius 3 is 2.73 bits per heavy atom. The molecule has 0 unspecified atom stereocenters. The van der Waals surface area contributed by atoms with Crippen LogP contribution in [0.1, 0.15) is 57.9 Å². The summed E-state index contributed by atoms with van der Waals surface area (Å²) in [5, 5.41) is 15.5. The van der Waals surface area contributed by atoms with Crippen LogP contribution in [-0.2, 0) is 17.8 Å². The van der Waals surface area contributed by atoms with Crippen LogP contribution in [0.15, 0.2) is 5.16 Å². The summed E-state index contributed by atoms with van der Waals surface area (Å²) in [6, 6.07) is -0.00190. The number of hydrogen-bond acceptors (Lipinski definition) is 7. The molecule has 2 atom stereocenters. The smallest absolute Gasteiger partial charge is 0.191 e. The molecule has 3 rings (SSSR count). The van der Waals surface area contributed by atoms with E-state index in [9.17, 15) is 5.11 Å². The molecule has 7 heteroatoms. The van der Waals surface area contributed by atoms with Crippen molar-refractivity contribution in [2.75, 3.05) is 11.9 Å². The lowest BCUT2D eigenvalue weighted by molar-refractivity contribution is -0.0542. The highest BCUT2D eigenvalue weighted by atomic mass is 32.2. The number of rotatable bonds is 7. The van der Waals surface area contributed by atoms with E-state index in [-0.39, 0.29) is 18.2 Å². The van der Waals surface area contributed by atoms with Gasteiger partial charge in [0.05, 0.1) is 30.2 Å². The predicted octanol–water partition coefficient (Wildman–Crippen LogP) is 4.62. The molecule has 0 radical (unpaired) electrons. The number of nitrogens with one attached hydrogen (secondary N) is 1. The number of aliphatic hydroxyl groups excluding tert-OH is 1. The quantitative estimate of drug-likeness (QED) is 0.527. The van der Waals surface area contributed by atoms with Gasteiger partial charge in [0.25, 0.3) is 0 Å². The van der Waals surface area contributed by atoms with Gasteiger partial charge in [0.1, 0.15) is 10.6 Å². The van der Waals surface area contributed by atoms with E-state index in [0.29, 0.717) is 11.9 Å². The van der Waals surface area contributed by atoms with E-state index in [4.69, 9.17) is 14.7 Å². The van der Waals surface area contributed by atoms with Crippen molar-refractivity contribution >= 4 is 39.1 Å². The average Bonchev–Trinajstić information content (AvgIpc) is 2.96. The highest BCUT2D eigenvalue weighted by Gasteiger charge is 2.33. The van der Waals surface area contributed by atoms with Crippen LogP contribution in [0.3, 0.4) is 0 Å². The molecular formula is C19H29N3O2S2. The van der Waals surface area contributed by atoms with Crippen LogP contribution >= 0.6 is 23.1 Å². The van der Waals surface area contributed by atoms with Gasteiger partial charge in [-0.3, -0.25) is 0 Å². The highest BCUT2D eigenvalue weighted by molar-refractivity contribution is 7.99. The number of hydrogen-bond donors (Lipinski definition) is 2. The Bertz CT molecular complexity index is 774. The van der Waals surface area contributed by atoms with Gasteiger partial charge >= 0.3 is 0 Å². The summed E-state index contributed by atoms with van der Waals surface area (Å²) in [6.07, 6.45) is 2.70. The van der Waals surface area contributed by atoms with E-state index < -0.39 is 0 Å². The van der Waals surface area contributed by atoms with E-state index in [1.54, 1.807) is 23.1 Å². The molecule has 0 amide bonds. The summed E-state index contributed by atoms with van der Waals surface area (Å²) in [4.78, 5) is 11.9. The Labute approximate surface area is 164 Å². The van der Waals surface area contributed by atoms with Crippen LogP contribution in [0, 0.1) is 0 Å². The molecule has 3 heterocycles. The Balaban J connectivity index is 2.12. The van der Waals surface area contributed by atoms with Crippen molar-refractivity contribution in [1.29, 1.82) is 0 Å². The molecule has 0 fully saturated rings. The summed E-state index contributed by atoms with van der Waals surface area (Å²) >= 11 is 3.39. The van der Waals surface area contributed by atoms with Gasteiger partial charge in [-0.2, -0.15) is 0 Å². The minimum Gasteiger partial charge on any atom is -0.394 e. The summed E-state index contributed by atoms with van der Waals surface area (Å²) in [6.45, 7) is 11.5. The van der Waals surface area contributed by atoms with Gasteiger partial charge < -0.3 is 15.2 Å². The zero-order valence-electron chi connectivity index (χ0n) is 16.3. The molecule has 26 heavy (non-hydrogen) atoms. The average molecular weight is 396 g/mol. The van der Waals surface area contributed by atoms with E-state index in [1.807, 2.05) is 0 Å². The van der Waals surface area contributed by atoms with Crippen LogP contribution in [0.5, 0.6) is 0 Å². The second-order valence-corrected chi connectivity index (χ2v) is 10.0. The van der Waals surface area contributed by atoms with Crippen molar-refractivity contribution in [2.24, 2.45) is 0 Å². The Morgan fingerprint density at radius 2 is 2.12 bits per heavy atom. The van der Waals surface area contributed by atoms with Gasteiger partial charge in [-0.15, -0.1) is 11.3 Å². The van der Waals surface area contributed by atoms with Gasteiger partial charge in [0.2, 0.25) is 0 Å². The number of fused-ring (bicyclic) bond motifs is 3. The summed E-state index contributed by atoms with van der Waals surface area (Å²) in [5.74, 6) is 0.858. The van der Waals surface area contributed by atoms with E-state index in [0.717, 1.165) is 40.5 Å². The number of thioether (sulfide) groups is 1. The molecule has 0 aliphatic carbocycles. The van der Waals surface area contributed by atoms with Crippen molar-refractivity contribution in [3.8, 4) is 0 Å². The fraction of sp³-hybridized carbons (Fsp3) is 0.684. The third-order valence-corrected chi connectivity index (χ3v) is 6.92. The number of nitrogens with zero attached hydrogens (tertiary/aromatic N) is 2. The molecule has 2 aromatic rings. The normalized spacial score (nSPS) is 21.2. The SMILES string of the molecule is CC[C@@H](CO)Nc1nc(SC(C)C)nc2sc3c(c12)C[C@](C)(CC)OC3. The largest absolute Gasteiger partial charge is 0.394 e. The van der Waals surface area contributed by atoms with Gasteiger partial charge in [-0.1, -0.05) is 39.5 Å². The maximum atomic E-state index is 9.66. The first-order valence-corrected chi connectivity index (χ1v) is 11.1. The molecular weight excluding hydrogens is 366 g/mol. The van der Waals surface area contributed by atoms with Gasteiger partial charge in [0.15, 0.2) is 5.16 Å². The highest BCUT2D eigenvalue weighted by Crippen LogP contribution is 2.42. The topological polar surface area (TPSA) is 67.3 Å². The maximum absolute atomic E-state index is 9.66. The minimum absolute atomic E-state index is 0.00190. The molecule has 0 spiro atoms. The lowest BCUT2D eigenvalue weighted by Crippen LogP contribution is -2.34. The van der Waals surface area contributed by atoms with Crippen LogP contribution in [0.25, 0.3) is 10.2 Å². The van der Waals surface area contributed by atoms with Crippen molar-refractivity contribution in [3.63, 3.8) is 0 Å². The number of aliphatic hydroxyl groups is 1. The molecule has 0 bridgehead atoms. The standard InChI is InChI=1S/C19H29N3O2S2/c1-6-12(9-23)20-16-15-13-8-19(5,7-2)24-10-14(13)26-17(15)22-18(21-16)25-11(3)4/h11-12,23H,6-10H2,1-5H3,(H,20,21,22)/t12-,19-/m0/s1. The van der Waals surface area contributed by atoms with Crippen molar-refractivity contribution in [2.45, 2.75) is 82.5 Å². The van der Waals surface area contributed by atoms with Crippen molar-refractivity contribution in [3.05, 3.63) is 10.4 Å². The fourth-order valence-electron chi connectivity index (χ4n) is 3.12. The Hall–Kier alpha value is -0.890. The summed E-state index contributed by atoms with van der Waals surface area (Å²) in [5.41, 5.74) is 1.18. The van der Waals surface area contributed by atoms with E-state index in [1.165, 1.54) is 10.4 Å². The zero-order chi connectivity index (χ0) is 18.9. The Morgan fingerprint density at radius 1 is 1.35 bits per heavy atom. The van der Waals surface area contributed by atoms with Crippen LogP contribution in [-0.4, -0.2) is 38.6 Å². The number of ether oxygens (including phenoxy) is 1. The Kier molecular flexibility index (Phi) is 6.11. The lowest BCUT2D eigenvalue weighted by atomic mass is 9.90. The number of thiophene rings is 1. The first-order valence-electron chi connectivity index (χ1n) is 9.39. The molecule has 0 saturated carbocycles. The lowest BCUT2D eigenvalue weighted by Gasteiger charge is -2.33. The minimum atomic E-state index is -0.134. The van der Waals surface area contributed by atoms with Crippen molar-refractivity contribution < 1.29 is 9.84 Å². The molecule has 2 N–H and O–H groups in total. The monoisotopic (exact) mass is 395 g/mol. The fourth-order valence-corrected chi connectivity index (χ4v) is 4.99. The molecule has 5 nitrogen and oxygen atoms in total. The van der Waals surface area contributed by atoms with Gasteiger partial charge in [-0.05, 0) is 25.3 Å². The number of anilines is 1. The van der Waals surface area contributed by atoms with Crippen molar-refractivity contribution in [1.82, 2.24) is 9.97 Å². The number of aromatic nitrogens is 2. The summed E-state index contributed by atoms with van der Waals surface area (Å²) in [7, 11) is 0. The van der Waals surface area contributed by atoms with Gasteiger partial charge in [0, 0.05) is 16.5 Å². The molecule has 1 aliphatic heterocycles. The van der Waals surface area contributed by atoms with Crippen LogP contribution < -0.4 is 5.32 Å². The summed E-state index contributed by atoms with van der Waals surface area (Å²) < 4.78 is 6.13. The van der Waals surface area contributed by atoms with E-state index in [2.05, 4.69) is 39.9 Å². The predicted molar refractivity (Wildman–Crippen MR) is 110 cm³/mol. The van der Waals surface area contributed by atoms with Crippen LogP contribution in [0.2, 0.25) is 0 Å². The molecule has 1 aliphatic rings. The van der Waals surface area contributed by atoms with Gasteiger partial charge in [-0.25, -0.2) is 9.97 Å². The van der Waals surface area contributed by atoms with Crippen LogP contribution in [0.4, 0.5) is 5.82 Å². The molecule has 2 aromatic heterocycles. The zero-order valence-corrected chi connectivity index (χ0v) is 17.9. The third kappa shape index (κ3) is 4.01. The maximum Gasteiger partial charge on any atom is 0.191 e.